The monoisotopic (exact) mass is 456 g/mol. The molecule has 0 N–H and O–H groups in total. The van der Waals surface area contributed by atoms with Crippen LogP contribution in [0.4, 0.5) is 11.4 Å². The standard InChI is InChI=1S/C30H36N2O2/c1-29(2)23-15-9-11-17-25(23)31(5)27(29)19-21(33)13-7-8-14-22(34)20-28-30(3,4)24-16-10-12-18-26(24)32(28)6/h9-12,15-20H,7-8,13-14H2,1-6H3/b27-19-,28-20-. The van der Waals surface area contributed by atoms with E-state index < -0.39 is 0 Å². The van der Waals surface area contributed by atoms with Crippen molar-refractivity contribution < 1.29 is 9.59 Å². The molecule has 0 fully saturated rings. The van der Waals surface area contributed by atoms with E-state index in [2.05, 4.69) is 73.9 Å². The smallest absolute Gasteiger partial charge is 0.157 e. The first-order valence-electron chi connectivity index (χ1n) is 12.2. The number of likely N-dealkylation sites (N-methyl/N-ethyl adjacent to an activating group) is 2. The van der Waals surface area contributed by atoms with Crippen LogP contribution in [0.15, 0.2) is 72.1 Å². The molecule has 0 aliphatic carbocycles. The van der Waals surface area contributed by atoms with Gasteiger partial charge in [-0.15, -0.1) is 0 Å². The number of rotatable bonds is 7. The van der Waals surface area contributed by atoms with Crippen LogP contribution in [0, 0.1) is 0 Å². The zero-order valence-electron chi connectivity index (χ0n) is 21.3. The first-order valence-corrected chi connectivity index (χ1v) is 12.2. The van der Waals surface area contributed by atoms with Gasteiger partial charge in [0.05, 0.1) is 0 Å². The molecule has 0 saturated heterocycles. The molecule has 178 valence electrons. The summed E-state index contributed by atoms with van der Waals surface area (Å²) in [6, 6.07) is 16.6. The minimum absolute atomic E-state index is 0.126. The first kappa shape index (κ1) is 24.0. The molecular formula is C30H36N2O2. The third kappa shape index (κ3) is 4.11. The normalized spacial score (nSPS) is 20.1. The van der Waals surface area contributed by atoms with Crippen molar-refractivity contribution >= 4 is 22.9 Å². The number of hydrogen-bond donors (Lipinski definition) is 0. The maximum absolute atomic E-state index is 12.8. The number of unbranched alkanes of at least 4 members (excludes halogenated alkanes) is 1. The van der Waals surface area contributed by atoms with E-state index in [1.807, 2.05) is 26.2 Å². The van der Waals surface area contributed by atoms with Crippen LogP contribution in [0.5, 0.6) is 0 Å². The van der Waals surface area contributed by atoms with E-state index in [9.17, 15) is 9.59 Å². The summed E-state index contributed by atoms with van der Waals surface area (Å²) in [5.74, 6) is 0.251. The summed E-state index contributed by atoms with van der Waals surface area (Å²) in [6.07, 6.45) is 5.96. The second kappa shape index (κ2) is 8.90. The van der Waals surface area contributed by atoms with Crippen LogP contribution >= 0.6 is 0 Å². The van der Waals surface area contributed by atoms with Gasteiger partial charge >= 0.3 is 0 Å². The quantitative estimate of drug-likeness (QED) is 0.362. The number of nitrogens with zero attached hydrogens (tertiary/aromatic N) is 2. The van der Waals surface area contributed by atoms with E-state index in [1.165, 1.54) is 11.1 Å². The van der Waals surface area contributed by atoms with E-state index in [0.717, 1.165) is 22.8 Å². The van der Waals surface area contributed by atoms with E-state index in [0.29, 0.717) is 25.7 Å². The minimum atomic E-state index is -0.194. The lowest BCUT2D eigenvalue weighted by atomic mass is 9.83. The van der Waals surface area contributed by atoms with E-state index in [4.69, 9.17) is 0 Å². The summed E-state index contributed by atoms with van der Waals surface area (Å²) in [7, 11) is 4.05. The number of allylic oxidation sites excluding steroid dienone is 4. The summed E-state index contributed by atoms with van der Waals surface area (Å²) in [6.45, 7) is 8.67. The fourth-order valence-corrected chi connectivity index (χ4v) is 5.57. The summed E-state index contributed by atoms with van der Waals surface area (Å²) in [5, 5.41) is 0. The van der Waals surface area contributed by atoms with Gasteiger partial charge in [0, 0.05) is 72.7 Å². The highest BCUT2D eigenvalue weighted by atomic mass is 16.1. The van der Waals surface area contributed by atoms with Crippen LogP contribution in [-0.4, -0.2) is 25.7 Å². The molecule has 0 saturated carbocycles. The van der Waals surface area contributed by atoms with Gasteiger partial charge in [0.15, 0.2) is 11.6 Å². The third-order valence-electron chi connectivity index (χ3n) is 7.57. The molecule has 0 aromatic heterocycles. The van der Waals surface area contributed by atoms with Crippen molar-refractivity contribution in [3.8, 4) is 0 Å². The van der Waals surface area contributed by atoms with Crippen molar-refractivity contribution in [2.45, 2.75) is 64.2 Å². The highest BCUT2D eigenvalue weighted by molar-refractivity contribution is 5.93. The maximum Gasteiger partial charge on any atom is 0.157 e. The van der Waals surface area contributed by atoms with Crippen molar-refractivity contribution in [1.82, 2.24) is 0 Å². The van der Waals surface area contributed by atoms with Crippen molar-refractivity contribution in [2.75, 3.05) is 23.9 Å². The number of ketones is 2. The molecule has 4 nitrogen and oxygen atoms in total. The topological polar surface area (TPSA) is 40.6 Å². The molecule has 2 aliphatic rings. The Balaban J connectivity index is 1.33. The fraction of sp³-hybridized carbons (Fsp3) is 0.400. The molecule has 4 rings (SSSR count). The molecule has 0 spiro atoms. The van der Waals surface area contributed by atoms with Crippen LogP contribution in [0.3, 0.4) is 0 Å². The van der Waals surface area contributed by atoms with Gasteiger partial charge in [-0.05, 0) is 36.1 Å². The van der Waals surface area contributed by atoms with Gasteiger partial charge in [-0.1, -0.05) is 64.1 Å². The Bertz CT molecular complexity index is 1090. The second-order valence-electron chi connectivity index (χ2n) is 10.6. The Labute approximate surface area is 204 Å². The fourth-order valence-electron chi connectivity index (χ4n) is 5.57. The number of carbonyl (C=O) groups excluding carboxylic acids is 2. The Morgan fingerprint density at radius 3 is 1.38 bits per heavy atom. The molecule has 0 atom stereocenters. The number of benzene rings is 2. The van der Waals surface area contributed by atoms with Crippen molar-refractivity contribution in [2.24, 2.45) is 0 Å². The van der Waals surface area contributed by atoms with Gasteiger partial charge < -0.3 is 9.80 Å². The molecule has 2 heterocycles. The lowest BCUT2D eigenvalue weighted by molar-refractivity contribution is -0.116. The van der Waals surface area contributed by atoms with Crippen molar-refractivity contribution in [1.29, 1.82) is 0 Å². The van der Waals surface area contributed by atoms with Crippen LogP contribution in [0.2, 0.25) is 0 Å². The highest BCUT2D eigenvalue weighted by Gasteiger charge is 2.39. The third-order valence-corrected chi connectivity index (χ3v) is 7.57. The van der Waals surface area contributed by atoms with Crippen molar-refractivity contribution in [3.05, 3.63) is 83.2 Å². The maximum atomic E-state index is 12.8. The van der Waals surface area contributed by atoms with Crippen LogP contribution in [-0.2, 0) is 20.4 Å². The molecule has 0 unspecified atom stereocenters. The van der Waals surface area contributed by atoms with Gasteiger partial charge in [-0.25, -0.2) is 0 Å². The lowest BCUT2D eigenvalue weighted by Crippen LogP contribution is -2.24. The molecule has 0 radical (unpaired) electrons. The van der Waals surface area contributed by atoms with Crippen LogP contribution in [0.1, 0.15) is 64.5 Å². The van der Waals surface area contributed by atoms with Crippen molar-refractivity contribution in [3.63, 3.8) is 0 Å². The second-order valence-corrected chi connectivity index (χ2v) is 10.6. The Morgan fingerprint density at radius 2 is 1.03 bits per heavy atom. The highest BCUT2D eigenvalue weighted by Crippen LogP contribution is 2.47. The predicted molar refractivity (Wildman–Crippen MR) is 140 cm³/mol. The Morgan fingerprint density at radius 1 is 0.676 bits per heavy atom. The SMILES string of the molecule is CN1/C(=C\C(=O)CCCCC(=O)/C=C2\N(C)c3ccccc3C2(C)C)C(C)(C)c2ccccc21. The summed E-state index contributed by atoms with van der Waals surface area (Å²) < 4.78 is 0. The van der Waals surface area contributed by atoms with Gasteiger partial charge in [0.2, 0.25) is 0 Å². The van der Waals surface area contributed by atoms with Gasteiger partial charge in [0.1, 0.15) is 0 Å². The first-order chi connectivity index (χ1) is 16.0. The zero-order valence-corrected chi connectivity index (χ0v) is 21.3. The Hall–Kier alpha value is -3.14. The molecule has 4 heteroatoms. The molecule has 0 amide bonds. The lowest BCUT2D eigenvalue weighted by Gasteiger charge is -2.24. The number of para-hydroxylation sites is 2. The number of carbonyl (C=O) groups is 2. The molecule has 2 aromatic carbocycles. The summed E-state index contributed by atoms with van der Waals surface area (Å²) >= 11 is 0. The van der Waals surface area contributed by atoms with Crippen LogP contribution in [0.25, 0.3) is 0 Å². The van der Waals surface area contributed by atoms with E-state index in [1.54, 1.807) is 12.2 Å². The molecule has 34 heavy (non-hydrogen) atoms. The van der Waals surface area contributed by atoms with Gasteiger partial charge in [-0.2, -0.15) is 0 Å². The molecule has 2 aliphatic heterocycles. The van der Waals surface area contributed by atoms with Gasteiger partial charge in [0.25, 0.3) is 0 Å². The predicted octanol–water partition coefficient (Wildman–Crippen LogP) is 6.31. The summed E-state index contributed by atoms with van der Waals surface area (Å²) in [5.41, 5.74) is 6.49. The van der Waals surface area contributed by atoms with E-state index >= 15 is 0 Å². The molecule has 2 aromatic rings. The summed E-state index contributed by atoms with van der Waals surface area (Å²) in [4.78, 5) is 29.8. The number of fused-ring (bicyclic) bond motifs is 2. The van der Waals surface area contributed by atoms with Gasteiger partial charge in [-0.3, -0.25) is 9.59 Å². The van der Waals surface area contributed by atoms with E-state index in [-0.39, 0.29) is 22.4 Å². The number of anilines is 2. The average Bonchev–Trinajstić information content (AvgIpc) is 3.12. The van der Waals surface area contributed by atoms with Crippen LogP contribution < -0.4 is 9.80 Å². The average molecular weight is 457 g/mol. The Kier molecular flexibility index (Phi) is 6.28. The molecule has 0 bridgehead atoms. The number of hydrogen-bond acceptors (Lipinski definition) is 4. The zero-order chi connectivity index (χ0) is 24.7. The minimum Gasteiger partial charge on any atom is -0.347 e. The largest absolute Gasteiger partial charge is 0.347 e. The molecular weight excluding hydrogens is 420 g/mol.